The third kappa shape index (κ3) is 5.01. The minimum Gasteiger partial charge on any atom is -0.497 e. The number of carbonyl (C=O) groups excluding carboxylic acids is 2. The fourth-order valence-electron chi connectivity index (χ4n) is 4.21. The summed E-state index contributed by atoms with van der Waals surface area (Å²) in [4.78, 5) is 35.0. The first kappa shape index (κ1) is 21.6. The first-order chi connectivity index (χ1) is 15.1. The molecule has 1 atom stereocenters. The highest BCUT2D eigenvalue weighted by atomic mass is 32.1. The topological polar surface area (TPSA) is 74.8 Å². The molecular formula is C23H30N4O3S. The minimum absolute atomic E-state index is 0.00886. The van der Waals surface area contributed by atoms with Crippen molar-refractivity contribution in [2.24, 2.45) is 5.92 Å². The second-order valence-electron chi connectivity index (χ2n) is 8.10. The van der Waals surface area contributed by atoms with Crippen molar-refractivity contribution in [3.05, 3.63) is 40.4 Å². The van der Waals surface area contributed by atoms with Crippen LogP contribution >= 0.6 is 11.3 Å². The number of anilines is 1. The van der Waals surface area contributed by atoms with Gasteiger partial charge < -0.3 is 19.9 Å². The van der Waals surface area contributed by atoms with E-state index in [-0.39, 0.29) is 17.7 Å². The van der Waals surface area contributed by atoms with E-state index in [9.17, 15) is 9.59 Å². The van der Waals surface area contributed by atoms with Crippen molar-refractivity contribution in [1.82, 2.24) is 15.2 Å². The van der Waals surface area contributed by atoms with Gasteiger partial charge in [0.25, 0.3) is 0 Å². The maximum absolute atomic E-state index is 12.8. The van der Waals surface area contributed by atoms with E-state index >= 15 is 0 Å². The number of hydrogen-bond donors (Lipinski definition) is 1. The lowest BCUT2D eigenvalue weighted by atomic mass is 9.90. The second-order valence-corrected chi connectivity index (χ2v) is 9.16. The van der Waals surface area contributed by atoms with Gasteiger partial charge in [0.15, 0.2) is 5.13 Å². The summed E-state index contributed by atoms with van der Waals surface area (Å²) in [5, 5.41) is 4.12. The van der Waals surface area contributed by atoms with Crippen LogP contribution in [0.4, 0.5) is 5.13 Å². The Hall–Kier alpha value is -2.61. The molecular weight excluding hydrogens is 412 g/mol. The molecule has 2 aromatic rings. The smallest absolute Gasteiger partial charge is 0.223 e. The normalized spacial score (nSPS) is 18.5. The Morgan fingerprint density at radius 2 is 2.06 bits per heavy atom. The van der Waals surface area contributed by atoms with Gasteiger partial charge in [0.1, 0.15) is 5.75 Å². The predicted octanol–water partition coefficient (Wildman–Crippen LogP) is 2.63. The summed E-state index contributed by atoms with van der Waals surface area (Å²) in [5.41, 5.74) is 2.17. The van der Waals surface area contributed by atoms with Gasteiger partial charge in [0, 0.05) is 49.9 Å². The van der Waals surface area contributed by atoms with Crippen LogP contribution in [0.15, 0.2) is 24.3 Å². The van der Waals surface area contributed by atoms with Crippen molar-refractivity contribution in [2.45, 2.75) is 39.2 Å². The lowest BCUT2D eigenvalue weighted by Crippen LogP contribution is -2.48. The Balaban J connectivity index is 1.32. The van der Waals surface area contributed by atoms with Gasteiger partial charge in [-0.05, 0) is 37.0 Å². The highest BCUT2D eigenvalue weighted by Crippen LogP contribution is 2.34. The van der Waals surface area contributed by atoms with Crippen LogP contribution in [0.5, 0.6) is 5.75 Å². The van der Waals surface area contributed by atoms with Gasteiger partial charge in [-0.1, -0.05) is 19.1 Å². The molecule has 7 nitrogen and oxygen atoms in total. The molecule has 8 heteroatoms. The number of aryl methyl sites for hydroxylation is 1. The molecule has 1 aromatic carbocycles. The van der Waals surface area contributed by atoms with E-state index in [1.165, 1.54) is 4.88 Å². The number of ether oxygens (including phenoxy) is 1. The van der Waals surface area contributed by atoms with E-state index in [2.05, 4.69) is 10.2 Å². The lowest BCUT2D eigenvalue weighted by molar-refractivity contribution is -0.131. The van der Waals surface area contributed by atoms with Crippen LogP contribution in [0.25, 0.3) is 0 Å². The number of thiazole rings is 1. The Labute approximate surface area is 187 Å². The zero-order chi connectivity index (χ0) is 21.8. The predicted molar refractivity (Wildman–Crippen MR) is 122 cm³/mol. The van der Waals surface area contributed by atoms with E-state index in [4.69, 9.17) is 9.72 Å². The molecule has 1 aromatic heterocycles. The van der Waals surface area contributed by atoms with Gasteiger partial charge in [-0.15, -0.1) is 11.3 Å². The summed E-state index contributed by atoms with van der Waals surface area (Å²) in [6.45, 7) is 5.57. The largest absolute Gasteiger partial charge is 0.497 e. The van der Waals surface area contributed by atoms with Crippen LogP contribution in [0.1, 0.15) is 35.9 Å². The van der Waals surface area contributed by atoms with Gasteiger partial charge in [-0.2, -0.15) is 0 Å². The minimum atomic E-state index is -0.00886. The zero-order valence-corrected chi connectivity index (χ0v) is 19.0. The van der Waals surface area contributed by atoms with Gasteiger partial charge in [-0.25, -0.2) is 4.98 Å². The summed E-state index contributed by atoms with van der Waals surface area (Å²) in [5.74, 6) is 1.12. The maximum Gasteiger partial charge on any atom is 0.223 e. The van der Waals surface area contributed by atoms with Crippen LogP contribution in [0.2, 0.25) is 0 Å². The van der Waals surface area contributed by atoms with Crippen LogP contribution in [-0.2, 0) is 29.0 Å². The Bertz CT molecular complexity index is 937. The number of hydrogen-bond acceptors (Lipinski definition) is 6. The second kappa shape index (κ2) is 9.68. The van der Waals surface area contributed by atoms with Gasteiger partial charge >= 0.3 is 0 Å². The van der Waals surface area contributed by atoms with Crippen molar-refractivity contribution in [1.29, 1.82) is 0 Å². The number of rotatable bonds is 6. The van der Waals surface area contributed by atoms with E-state index in [0.717, 1.165) is 67.6 Å². The van der Waals surface area contributed by atoms with Crippen molar-refractivity contribution in [2.75, 3.05) is 38.2 Å². The number of benzene rings is 1. The zero-order valence-electron chi connectivity index (χ0n) is 18.2. The lowest BCUT2D eigenvalue weighted by Gasteiger charge is -2.34. The molecule has 0 unspecified atom stereocenters. The van der Waals surface area contributed by atoms with E-state index < -0.39 is 0 Å². The molecule has 1 fully saturated rings. The monoisotopic (exact) mass is 442 g/mol. The summed E-state index contributed by atoms with van der Waals surface area (Å²) in [6.07, 6.45) is 2.99. The third-order valence-corrected chi connectivity index (χ3v) is 7.29. The molecule has 1 saturated heterocycles. The molecule has 166 valence electrons. The first-order valence-corrected chi connectivity index (χ1v) is 11.8. The van der Waals surface area contributed by atoms with E-state index in [1.807, 2.05) is 36.1 Å². The van der Waals surface area contributed by atoms with Crippen molar-refractivity contribution >= 4 is 28.3 Å². The fourth-order valence-corrected chi connectivity index (χ4v) is 5.44. The molecule has 2 aliphatic rings. The third-order valence-electron chi connectivity index (χ3n) is 6.11. The SMILES string of the molecule is CCC(=O)N1CCN(c2nc3c(s2)C[C@@H](C(=O)NCc2cccc(OC)c2)CC3)CC1. The fraction of sp³-hybridized carbons (Fsp3) is 0.522. The molecule has 0 spiro atoms. The molecule has 4 rings (SSSR count). The number of piperazine rings is 1. The van der Waals surface area contributed by atoms with E-state index in [1.54, 1.807) is 18.4 Å². The molecule has 1 aliphatic heterocycles. The molecule has 2 heterocycles. The summed E-state index contributed by atoms with van der Waals surface area (Å²) >= 11 is 1.71. The number of fused-ring (bicyclic) bond motifs is 1. The average Bonchev–Trinajstić information content (AvgIpc) is 3.25. The van der Waals surface area contributed by atoms with Crippen LogP contribution in [-0.4, -0.2) is 55.0 Å². The number of nitrogens with zero attached hydrogens (tertiary/aromatic N) is 3. The van der Waals surface area contributed by atoms with Gasteiger partial charge in [0.05, 0.1) is 12.8 Å². The first-order valence-electron chi connectivity index (χ1n) is 11.0. The molecule has 0 saturated carbocycles. The van der Waals surface area contributed by atoms with Crippen LogP contribution in [0.3, 0.4) is 0 Å². The molecule has 1 aliphatic carbocycles. The number of methoxy groups -OCH3 is 1. The highest BCUT2D eigenvalue weighted by molar-refractivity contribution is 7.15. The summed E-state index contributed by atoms with van der Waals surface area (Å²) in [6, 6.07) is 7.77. The highest BCUT2D eigenvalue weighted by Gasteiger charge is 2.29. The number of carbonyl (C=O) groups is 2. The van der Waals surface area contributed by atoms with Crippen molar-refractivity contribution in [3.8, 4) is 5.75 Å². The number of amides is 2. The molecule has 1 N–H and O–H groups in total. The van der Waals surface area contributed by atoms with Crippen molar-refractivity contribution < 1.29 is 14.3 Å². The Morgan fingerprint density at radius 3 is 2.81 bits per heavy atom. The van der Waals surface area contributed by atoms with Gasteiger partial charge in [0.2, 0.25) is 11.8 Å². The Morgan fingerprint density at radius 1 is 1.26 bits per heavy atom. The molecule has 2 amide bonds. The quantitative estimate of drug-likeness (QED) is 0.744. The van der Waals surface area contributed by atoms with Gasteiger partial charge in [-0.3, -0.25) is 9.59 Å². The molecule has 0 bridgehead atoms. The van der Waals surface area contributed by atoms with E-state index in [0.29, 0.717) is 13.0 Å². The molecule has 0 radical (unpaired) electrons. The molecule has 31 heavy (non-hydrogen) atoms. The maximum atomic E-state index is 12.8. The van der Waals surface area contributed by atoms with Crippen LogP contribution in [0, 0.1) is 5.92 Å². The summed E-state index contributed by atoms with van der Waals surface area (Å²) in [7, 11) is 1.64. The number of aromatic nitrogens is 1. The standard InChI is InChI=1S/C23H30N4O3S/c1-3-21(28)26-9-11-27(12-10-26)23-25-19-8-7-17(14-20(19)31-23)22(29)24-15-16-5-4-6-18(13-16)30-2/h4-6,13,17H,3,7-12,14-15H2,1-2H3,(H,24,29)/t17-/m0/s1. The Kier molecular flexibility index (Phi) is 6.75. The van der Waals surface area contributed by atoms with Crippen molar-refractivity contribution in [3.63, 3.8) is 0 Å². The summed E-state index contributed by atoms with van der Waals surface area (Å²) < 4.78 is 5.25. The average molecular weight is 443 g/mol. The van der Waals surface area contributed by atoms with Crippen LogP contribution < -0.4 is 15.0 Å². The number of nitrogens with one attached hydrogen (secondary N) is 1.